The van der Waals surface area contributed by atoms with Crippen LogP contribution in [-0.2, 0) is 19.3 Å². The number of nitrogens with one attached hydrogen (secondary N) is 2. The highest BCUT2D eigenvalue weighted by Crippen LogP contribution is 2.37. The van der Waals surface area contributed by atoms with Gasteiger partial charge in [-0.05, 0) is 65.9 Å². The number of aromatic nitrogens is 1. The molecule has 1 saturated heterocycles. The summed E-state index contributed by atoms with van der Waals surface area (Å²) in [5, 5.41) is 6.68. The largest absolute Gasteiger partial charge is 0.416 e. The lowest BCUT2D eigenvalue weighted by Crippen LogP contribution is -2.44. The molecular weight excluding hydrogens is 587 g/mol. The average molecular weight is 620 g/mol. The minimum absolute atomic E-state index is 0.0412. The fourth-order valence-electron chi connectivity index (χ4n) is 5.92. The number of halogens is 4. The number of hydrogen-bond acceptors (Lipinski definition) is 5. The van der Waals surface area contributed by atoms with Crippen LogP contribution in [-0.4, -0.2) is 48.0 Å². The highest BCUT2D eigenvalue weighted by Gasteiger charge is 2.34. The fourth-order valence-corrected chi connectivity index (χ4v) is 6.11. The van der Waals surface area contributed by atoms with Crippen LogP contribution >= 0.6 is 11.6 Å². The van der Waals surface area contributed by atoms with Gasteiger partial charge in [-0.15, -0.1) is 0 Å². The standard InChI is InChI=1S/C34H33ClF3N5O/c35-28-10-11-30(34(36,37)38)27(18-28)22-43-17-14-39-32-31(43)19-26(20-40-32)24-6-8-25(9-7-24)33(44)41-29-12-15-42(16-13-29)21-23-4-2-1-3-5-23/h1-11,18-20,29H,12-17,21-22H2,(H,39,40)(H,41,44). The molecule has 228 valence electrons. The lowest BCUT2D eigenvalue weighted by atomic mass is 10.0. The molecule has 1 amide bonds. The first-order chi connectivity index (χ1) is 21.2. The van der Waals surface area contributed by atoms with Gasteiger partial charge in [-0.25, -0.2) is 4.98 Å². The van der Waals surface area contributed by atoms with Crippen LogP contribution in [0.4, 0.5) is 24.7 Å². The van der Waals surface area contributed by atoms with Crippen LogP contribution in [0.25, 0.3) is 11.1 Å². The van der Waals surface area contributed by atoms with Gasteiger partial charge in [0, 0.05) is 67.7 Å². The number of anilines is 2. The second kappa shape index (κ2) is 12.9. The third kappa shape index (κ3) is 7.00. The van der Waals surface area contributed by atoms with Crippen molar-refractivity contribution in [2.24, 2.45) is 0 Å². The molecule has 1 fully saturated rings. The van der Waals surface area contributed by atoms with E-state index in [1.807, 2.05) is 29.2 Å². The molecule has 0 radical (unpaired) electrons. The molecule has 2 aliphatic rings. The molecule has 0 saturated carbocycles. The molecule has 0 bridgehead atoms. The Bertz CT molecular complexity index is 1610. The summed E-state index contributed by atoms with van der Waals surface area (Å²) >= 11 is 6.07. The Morgan fingerprint density at radius 3 is 2.41 bits per heavy atom. The molecule has 4 aromatic rings. The third-order valence-electron chi connectivity index (χ3n) is 8.27. The Labute approximate surface area is 259 Å². The molecule has 2 aliphatic heterocycles. The molecule has 1 aromatic heterocycles. The summed E-state index contributed by atoms with van der Waals surface area (Å²) in [5.41, 5.74) is 3.66. The lowest BCUT2D eigenvalue weighted by molar-refractivity contribution is -0.138. The number of pyridine rings is 1. The van der Waals surface area contributed by atoms with Gasteiger partial charge in [-0.1, -0.05) is 54.1 Å². The zero-order valence-corrected chi connectivity index (χ0v) is 24.8. The number of amides is 1. The van der Waals surface area contributed by atoms with E-state index in [2.05, 4.69) is 44.8 Å². The predicted octanol–water partition coefficient (Wildman–Crippen LogP) is 7.25. The first-order valence-electron chi connectivity index (χ1n) is 14.7. The van der Waals surface area contributed by atoms with Gasteiger partial charge in [0.1, 0.15) is 5.82 Å². The summed E-state index contributed by atoms with van der Waals surface area (Å²) < 4.78 is 41.1. The van der Waals surface area contributed by atoms with E-state index in [0.717, 1.165) is 49.7 Å². The second-order valence-electron chi connectivity index (χ2n) is 11.3. The number of carbonyl (C=O) groups excluding carboxylic acids is 1. The Balaban J connectivity index is 1.11. The van der Waals surface area contributed by atoms with Crippen molar-refractivity contribution < 1.29 is 18.0 Å². The average Bonchev–Trinajstić information content (AvgIpc) is 3.02. The summed E-state index contributed by atoms with van der Waals surface area (Å²) in [6, 6.07) is 23.5. The zero-order valence-electron chi connectivity index (χ0n) is 24.1. The molecule has 6 rings (SSSR count). The summed E-state index contributed by atoms with van der Waals surface area (Å²) in [5.74, 6) is 0.514. The maximum Gasteiger partial charge on any atom is 0.416 e. The fraction of sp³-hybridized carbons (Fsp3) is 0.294. The summed E-state index contributed by atoms with van der Waals surface area (Å²) in [4.78, 5) is 21.9. The van der Waals surface area contributed by atoms with E-state index < -0.39 is 11.7 Å². The number of likely N-dealkylation sites (tertiary alicyclic amines) is 1. The maximum absolute atomic E-state index is 13.7. The quantitative estimate of drug-likeness (QED) is 0.228. The Morgan fingerprint density at radius 1 is 0.932 bits per heavy atom. The maximum atomic E-state index is 13.7. The molecule has 0 unspecified atom stereocenters. The van der Waals surface area contributed by atoms with Gasteiger partial charge in [-0.3, -0.25) is 9.69 Å². The van der Waals surface area contributed by atoms with Gasteiger partial charge < -0.3 is 15.5 Å². The number of benzene rings is 3. The zero-order chi connectivity index (χ0) is 30.7. The van der Waals surface area contributed by atoms with Crippen LogP contribution in [0.1, 0.15) is 39.9 Å². The van der Waals surface area contributed by atoms with Crippen molar-refractivity contribution in [1.29, 1.82) is 0 Å². The molecule has 0 spiro atoms. The number of fused-ring (bicyclic) bond motifs is 1. The molecule has 44 heavy (non-hydrogen) atoms. The van der Waals surface area contributed by atoms with Crippen molar-refractivity contribution >= 4 is 29.0 Å². The van der Waals surface area contributed by atoms with Crippen LogP contribution in [0.5, 0.6) is 0 Å². The molecule has 10 heteroatoms. The van der Waals surface area contributed by atoms with E-state index in [4.69, 9.17) is 11.6 Å². The number of carbonyl (C=O) groups is 1. The number of alkyl halides is 3. The summed E-state index contributed by atoms with van der Waals surface area (Å²) in [6.07, 6.45) is -0.942. The van der Waals surface area contributed by atoms with Crippen molar-refractivity contribution in [2.75, 3.05) is 36.4 Å². The smallest absolute Gasteiger partial charge is 0.367 e. The second-order valence-corrected chi connectivity index (χ2v) is 11.8. The lowest BCUT2D eigenvalue weighted by Gasteiger charge is -2.32. The monoisotopic (exact) mass is 619 g/mol. The molecule has 0 aliphatic carbocycles. The van der Waals surface area contributed by atoms with Gasteiger partial charge in [0.25, 0.3) is 5.91 Å². The summed E-state index contributed by atoms with van der Waals surface area (Å²) in [7, 11) is 0. The molecule has 6 nitrogen and oxygen atoms in total. The minimum atomic E-state index is -4.48. The summed E-state index contributed by atoms with van der Waals surface area (Å²) in [6.45, 7) is 3.89. The van der Waals surface area contributed by atoms with Crippen LogP contribution in [0.3, 0.4) is 0 Å². The van der Waals surface area contributed by atoms with Crippen LogP contribution in [0, 0.1) is 0 Å². The van der Waals surface area contributed by atoms with Crippen molar-refractivity contribution in [3.05, 3.63) is 112 Å². The van der Waals surface area contributed by atoms with E-state index in [9.17, 15) is 18.0 Å². The van der Waals surface area contributed by atoms with Crippen LogP contribution in [0.2, 0.25) is 5.02 Å². The number of hydrogen-bond donors (Lipinski definition) is 2. The van der Waals surface area contributed by atoms with Crippen molar-refractivity contribution in [1.82, 2.24) is 15.2 Å². The van der Waals surface area contributed by atoms with Gasteiger partial charge in [0.05, 0.1) is 11.3 Å². The first-order valence-corrected chi connectivity index (χ1v) is 15.1. The first kappa shape index (κ1) is 30.0. The topological polar surface area (TPSA) is 60.5 Å². The Kier molecular flexibility index (Phi) is 8.77. The Morgan fingerprint density at radius 2 is 1.68 bits per heavy atom. The number of piperidine rings is 1. The highest BCUT2D eigenvalue weighted by atomic mass is 35.5. The highest BCUT2D eigenvalue weighted by molar-refractivity contribution is 6.30. The predicted molar refractivity (Wildman–Crippen MR) is 168 cm³/mol. The van der Waals surface area contributed by atoms with E-state index in [0.29, 0.717) is 30.2 Å². The van der Waals surface area contributed by atoms with Crippen molar-refractivity contribution in [3.63, 3.8) is 0 Å². The molecule has 3 aromatic carbocycles. The minimum Gasteiger partial charge on any atom is -0.367 e. The molecular formula is C34H33ClF3N5O. The molecule has 0 atom stereocenters. The third-order valence-corrected chi connectivity index (χ3v) is 8.50. The number of nitrogens with zero attached hydrogens (tertiary/aromatic N) is 3. The molecule has 3 heterocycles. The van der Waals surface area contributed by atoms with E-state index in [-0.39, 0.29) is 29.1 Å². The van der Waals surface area contributed by atoms with Gasteiger partial charge in [-0.2, -0.15) is 13.2 Å². The van der Waals surface area contributed by atoms with E-state index >= 15 is 0 Å². The van der Waals surface area contributed by atoms with Gasteiger partial charge >= 0.3 is 6.18 Å². The van der Waals surface area contributed by atoms with Crippen molar-refractivity contribution in [2.45, 2.75) is 38.1 Å². The molecule has 2 N–H and O–H groups in total. The van der Waals surface area contributed by atoms with E-state index in [1.165, 1.54) is 17.7 Å². The van der Waals surface area contributed by atoms with Crippen molar-refractivity contribution in [3.8, 4) is 11.1 Å². The van der Waals surface area contributed by atoms with E-state index in [1.54, 1.807) is 18.3 Å². The normalized spacial score (nSPS) is 15.9. The van der Waals surface area contributed by atoms with Gasteiger partial charge in [0.2, 0.25) is 0 Å². The Hall–Kier alpha value is -4.08. The number of rotatable bonds is 7. The SMILES string of the molecule is O=C(NC1CCN(Cc2ccccc2)CC1)c1ccc(-c2cnc3c(c2)N(Cc2cc(Cl)ccc2C(F)(F)F)CCN3)cc1. The van der Waals surface area contributed by atoms with Gasteiger partial charge in [0.15, 0.2) is 0 Å². The van der Waals surface area contributed by atoms with Crippen LogP contribution < -0.4 is 15.5 Å². The van der Waals surface area contributed by atoms with Crippen LogP contribution in [0.15, 0.2) is 85.1 Å².